The van der Waals surface area contributed by atoms with E-state index in [9.17, 15) is 18.0 Å². The van der Waals surface area contributed by atoms with Crippen LogP contribution in [-0.2, 0) is 6.18 Å². The van der Waals surface area contributed by atoms with E-state index in [1.165, 1.54) is 12.1 Å². The summed E-state index contributed by atoms with van der Waals surface area (Å²) in [4.78, 5) is 21.1. The van der Waals surface area contributed by atoms with Gasteiger partial charge in [0.25, 0.3) is 5.91 Å². The van der Waals surface area contributed by atoms with E-state index in [0.717, 1.165) is 23.5 Å². The number of carbonyl (C=O) groups excluding carboxylic acids is 1. The number of benzene rings is 2. The Morgan fingerprint density at radius 2 is 1.40 bits per heavy atom. The van der Waals surface area contributed by atoms with Crippen molar-refractivity contribution in [3.05, 3.63) is 84.1 Å². The summed E-state index contributed by atoms with van der Waals surface area (Å²) in [5, 5.41) is 0. The summed E-state index contributed by atoms with van der Waals surface area (Å²) in [5.41, 5.74) is 1.33. The fourth-order valence-corrected chi connectivity index (χ4v) is 3.52. The Morgan fingerprint density at radius 1 is 0.800 bits per heavy atom. The van der Waals surface area contributed by atoms with Crippen LogP contribution < -0.4 is 4.90 Å². The number of anilines is 1. The highest BCUT2D eigenvalue weighted by Gasteiger charge is 2.30. The number of halogens is 3. The van der Waals surface area contributed by atoms with Crippen molar-refractivity contribution in [2.45, 2.75) is 6.18 Å². The molecule has 3 aromatic rings. The first-order valence-corrected chi connectivity index (χ1v) is 9.65. The molecule has 1 aliphatic heterocycles. The monoisotopic (exact) mass is 411 g/mol. The zero-order valence-corrected chi connectivity index (χ0v) is 16.1. The molecule has 0 atom stereocenters. The van der Waals surface area contributed by atoms with Crippen molar-refractivity contribution in [2.24, 2.45) is 0 Å². The Bertz CT molecular complexity index is 995. The van der Waals surface area contributed by atoms with E-state index in [1.54, 1.807) is 30.5 Å². The van der Waals surface area contributed by atoms with Gasteiger partial charge in [-0.1, -0.05) is 30.3 Å². The lowest BCUT2D eigenvalue weighted by atomic mass is 10.0. The maximum absolute atomic E-state index is 12.8. The molecule has 0 N–H and O–H groups in total. The van der Waals surface area contributed by atoms with E-state index in [4.69, 9.17) is 0 Å². The highest BCUT2D eigenvalue weighted by Crippen LogP contribution is 2.31. The molecule has 4 rings (SSSR count). The first-order chi connectivity index (χ1) is 14.4. The van der Waals surface area contributed by atoms with Crippen molar-refractivity contribution in [1.82, 2.24) is 9.88 Å². The molecule has 0 spiro atoms. The van der Waals surface area contributed by atoms with Crippen LogP contribution in [0, 0.1) is 0 Å². The van der Waals surface area contributed by atoms with Crippen molar-refractivity contribution in [1.29, 1.82) is 0 Å². The Balaban J connectivity index is 1.40. The summed E-state index contributed by atoms with van der Waals surface area (Å²) >= 11 is 0. The molecule has 0 unspecified atom stereocenters. The molecule has 1 aliphatic rings. The third-order valence-corrected chi connectivity index (χ3v) is 5.22. The number of alkyl halides is 3. The van der Waals surface area contributed by atoms with Crippen LogP contribution in [0.4, 0.5) is 19.0 Å². The number of rotatable bonds is 3. The van der Waals surface area contributed by atoms with Crippen LogP contribution in [0.2, 0.25) is 0 Å². The highest BCUT2D eigenvalue weighted by molar-refractivity contribution is 5.95. The van der Waals surface area contributed by atoms with Crippen LogP contribution in [0.3, 0.4) is 0 Å². The topological polar surface area (TPSA) is 36.4 Å². The van der Waals surface area contributed by atoms with Crippen molar-refractivity contribution >= 4 is 11.7 Å². The van der Waals surface area contributed by atoms with E-state index >= 15 is 0 Å². The molecule has 0 saturated carbocycles. The van der Waals surface area contributed by atoms with Crippen LogP contribution >= 0.6 is 0 Å². The standard InChI is InChI=1S/C23H20F3N3O/c24-23(25,26)20-10-8-18(9-11-20)17-4-6-19(7-5-17)22(30)29-15-13-28(14-16-29)21-3-1-2-12-27-21/h1-12H,13-16H2. The molecule has 0 aliphatic carbocycles. The fraction of sp³-hybridized carbons (Fsp3) is 0.217. The summed E-state index contributed by atoms with van der Waals surface area (Å²) in [6.07, 6.45) is -2.60. The van der Waals surface area contributed by atoms with Gasteiger partial charge in [0, 0.05) is 37.9 Å². The number of aromatic nitrogens is 1. The van der Waals surface area contributed by atoms with Gasteiger partial charge in [0.1, 0.15) is 5.82 Å². The fourth-order valence-electron chi connectivity index (χ4n) is 3.52. The van der Waals surface area contributed by atoms with Gasteiger partial charge in [-0.2, -0.15) is 13.2 Å². The first-order valence-electron chi connectivity index (χ1n) is 9.65. The maximum Gasteiger partial charge on any atom is 0.416 e. The van der Waals surface area contributed by atoms with Crippen molar-refractivity contribution in [3.8, 4) is 11.1 Å². The molecular formula is C23H20F3N3O. The zero-order chi connectivity index (χ0) is 21.1. The predicted molar refractivity (Wildman–Crippen MR) is 109 cm³/mol. The van der Waals surface area contributed by atoms with Crippen molar-refractivity contribution in [2.75, 3.05) is 31.1 Å². The Labute approximate surface area is 172 Å². The molecule has 2 aromatic carbocycles. The molecule has 4 nitrogen and oxygen atoms in total. The number of pyridine rings is 1. The lowest BCUT2D eigenvalue weighted by molar-refractivity contribution is -0.137. The maximum atomic E-state index is 12.8. The molecule has 0 bridgehead atoms. The van der Waals surface area contributed by atoms with Crippen LogP contribution in [0.5, 0.6) is 0 Å². The van der Waals surface area contributed by atoms with Gasteiger partial charge in [-0.25, -0.2) is 4.98 Å². The molecule has 1 saturated heterocycles. The summed E-state index contributed by atoms with van der Waals surface area (Å²) in [5.74, 6) is 0.861. The van der Waals surface area contributed by atoms with E-state index < -0.39 is 11.7 Å². The predicted octanol–water partition coefficient (Wildman–Crippen LogP) is 4.73. The Morgan fingerprint density at radius 3 is 1.93 bits per heavy atom. The summed E-state index contributed by atoms with van der Waals surface area (Å²) < 4.78 is 38.1. The molecule has 7 heteroatoms. The summed E-state index contributed by atoms with van der Waals surface area (Å²) in [6.45, 7) is 2.64. The van der Waals surface area contributed by atoms with Gasteiger partial charge in [0.2, 0.25) is 0 Å². The number of hydrogen-bond acceptors (Lipinski definition) is 3. The van der Waals surface area contributed by atoms with Gasteiger partial charge >= 0.3 is 6.18 Å². The van der Waals surface area contributed by atoms with Crippen LogP contribution in [-0.4, -0.2) is 42.0 Å². The zero-order valence-electron chi connectivity index (χ0n) is 16.1. The second-order valence-electron chi connectivity index (χ2n) is 7.12. The molecule has 0 radical (unpaired) electrons. The number of amides is 1. The second kappa shape index (κ2) is 8.18. The minimum Gasteiger partial charge on any atom is -0.353 e. The SMILES string of the molecule is O=C(c1ccc(-c2ccc(C(F)(F)F)cc2)cc1)N1CCN(c2ccccn2)CC1. The minimum atomic E-state index is -4.35. The number of piperazine rings is 1. The molecular weight excluding hydrogens is 391 g/mol. The van der Waals surface area contributed by atoms with E-state index in [-0.39, 0.29) is 5.91 Å². The second-order valence-corrected chi connectivity index (χ2v) is 7.12. The van der Waals surface area contributed by atoms with E-state index in [0.29, 0.717) is 37.3 Å². The van der Waals surface area contributed by atoms with Gasteiger partial charge in [-0.15, -0.1) is 0 Å². The van der Waals surface area contributed by atoms with Crippen LogP contribution in [0.25, 0.3) is 11.1 Å². The van der Waals surface area contributed by atoms with Crippen LogP contribution in [0.15, 0.2) is 72.9 Å². The van der Waals surface area contributed by atoms with Gasteiger partial charge < -0.3 is 9.80 Å². The average Bonchev–Trinajstić information content (AvgIpc) is 2.79. The Kier molecular flexibility index (Phi) is 5.44. The van der Waals surface area contributed by atoms with Gasteiger partial charge in [-0.05, 0) is 47.5 Å². The smallest absolute Gasteiger partial charge is 0.353 e. The van der Waals surface area contributed by atoms with E-state index in [1.807, 2.05) is 23.1 Å². The largest absolute Gasteiger partial charge is 0.416 e. The summed E-state index contributed by atoms with van der Waals surface area (Å²) in [6, 6.07) is 17.8. The highest BCUT2D eigenvalue weighted by atomic mass is 19.4. The first kappa shape index (κ1) is 19.9. The van der Waals surface area contributed by atoms with Crippen LogP contribution in [0.1, 0.15) is 15.9 Å². The average molecular weight is 411 g/mol. The minimum absolute atomic E-state index is 0.0466. The van der Waals surface area contributed by atoms with Gasteiger partial charge in [-0.3, -0.25) is 4.79 Å². The molecule has 2 heterocycles. The molecule has 1 fully saturated rings. The van der Waals surface area contributed by atoms with Crippen molar-refractivity contribution < 1.29 is 18.0 Å². The van der Waals surface area contributed by atoms with E-state index in [2.05, 4.69) is 9.88 Å². The quantitative estimate of drug-likeness (QED) is 0.625. The number of hydrogen-bond donors (Lipinski definition) is 0. The third-order valence-electron chi connectivity index (χ3n) is 5.22. The molecule has 1 amide bonds. The number of nitrogens with zero attached hydrogens (tertiary/aromatic N) is 3. The van der Waals surface area contributed by atoms with Crippen molar-refractivity contribution in [3.63, 3.8) is 0 Å². The lowest BCUT2D eigenvalue weighted by Gasteiger charge is -2.35. The summed E-state index contributed by atoms with van der Waals surface area (Å²) in [7, 11) is 0. The molecule has 154 valence electrons. The number of carbonyl (C=O) groups is 1. The van der Waals surface area contributed by atoms with Gasteiger partial charge in [0.15, 0.2) is 0 Å². The van der Waals surface area contributed by atoms with Gasteiger partial charge in [0.05, 0.1) is 5.56 Å². The Hall–Kier alpha value is -3.35. The molecule has 1 aromatic heterocycles. The normalized spacial score (nSPS) is 14.6. The lowest BCUT2D eigenvalue weighted by Crippen LogP contribution is -2.49. The third kappa shape index (κ3) is 4.30. The molecule has 30 heavy (non-hydrogen) atoms.